The molecule has 5 rings (SSSR count). The summed E-state index contributed by atoms with van der Waals surface area (Å²) in [7, 11) is 0. The number of amides is 1. The lowest BCUT2D eigenvalue weighted by Crippen LogP contribution is -2.36. The van der Waals surface area contributed by atoms with Gasteiger partial charge in [0.1, 0.15) is 11.6 Å². The maximum Gasteiger partial charge on any atom is 0.417 e. The van der Waals surface area contributed by atoms with Gasteiger partial charge in [0.15, 0.2) is 5.82 Å². The molecule has 1 amide bonds. The van der Waals surface area contributed by atoms with E-state index in [1.54, 1.807) is 11.0 Å². The number of hydrogen-bond donors (Lipinski definition) is 0. The van der Waals surface area contributed by atoms with Gasteiger partial charge in [0.25, 0.3) is 5.91 Å². The van der Waals surface area contributed by atoms with Crippen LogP contribution in [-0.4, -0.2) is 38.3 Å². The van der Waals surface area contributed by atoms with Gasteiger partial charge in [-0.05, 0) is 67.9 Å². The van der Waals surface area contributed by atoms with Crippen LogP contribution in [0.2, 0.25) is 0 Å². The number of carbonyl (C=O) groups excluding carboxylic acids is 1. The van der Waals surface area contributed by atoms with Crippen LogP contribution in [0, 0.1) is 17.0 Å². The van der Waals surface area contributed by atoms with Crippen molar-refractivity contribution < 1.29 is 26.7 Å². The molecule has 1 aliphatic carbocycles. The summed E-state index contributed by atoms with van der Waals surface area (Å²) >= 11 is 0. The van der Waals surface area contributed by atoms with Crippen LogP contribution in [0.25, 0.3) is 11.4 Å². The number of carbonyl (C=O) groups is 1. The standard InChI is InChI=1S/C25H21F5N4O/c26-16-2-4-18(22-31-8-1-9-32-22)19(11-16)23(35)34-14-24(6-7-24)12-17(34)3-5-21-20(27)10-15(13-33-21)25(28,29)30/h1-2,4,8-11,13,17H,3,5-7,12,14H2/t17-/m1/s1. The number of halogens is 5. The van der Waals surface area contributed by atoms with E-state index in [2.05, 4.69) is 15.0 Å². The number of aromatic nitrogens is 3. The first-order valence-corrected chi connectivity index (χ1v) is 11.2. The molecule has 1 atom stereocenters. The number of likely N-dealkylation sites (tertiary alicyclic amines) is 1. The molecular weight excluding hydrogens is 467 g/mol. The molecule has 35 heavy (non-hydrogen) atoms. The van der Waals surface area contributed by atoms with E-state index in [1.165, 1.54) is 30.6 Å². The Morgan fingerprint density at radius 1 is 1.09 bits per heavy atom. The molecule has 1 spiro atoms. The molecule has 0 radical (unpaired) electrons. The van der Waals surface area contributed by atoms with Crippen molar-refractivity contribution in [3.63, 3.8) is 0 Å². The topological polar surface area (TPSA) is 59.0 Å². The summed E-state index contributed by atoms with van der Waals surface area (Å²) in [4.78, 5) is 27.4. The van der Waals surface area contributed by atoms with Crippen molar-refractivity contribution in [2.45, 2.75) is 44.3 Å². The van der Waals surface area contributed by atoms with Gasteiger partial charge in [-0.1, -0.05) is 0 Å². The molecule has 1 saturated heterocycles. The normalized spacial score (nSPS) is 18.8. The quantitative estimate of drug-likeness (QED) is 0.448. The summed E-state index contributed by atoms with van der Waals surface area (Å²) < 4.78 is 67.0. The summed E-state index contributed by atoms with van der Waals surface area (Å²) in [5.41, 5.74) is -0.689. The smallest absolute Gasteiger partial charge is 0.335 e. The van der Waals surface area contributed by atoms with Crippen molar-refractivity contribution in [2.75, 3.05) is 6.54 Å². The van der Waals surface area contributed by atoms with Gasteiger partial charge >= 0.3 is 6.18 Å². The average molecular weight is 488 g/mol. The zero-order valence-electron chi connectivity index (χ0n) is 18.5. The van der Waals surface area contributed by atoms with Crippen LogP contribution in [0.1, 0.15) is 47.3 Å². The first kappa shape index (κ1) is 23.3. The highest BCUT2D eigenvalue weighted by Crippen LogP contribution is 2.55. The van der Waals surface area contributed by atoms with Gasteiger partial charge in [0.05, 0.1) is 16.8 Å². The van der Waals surface area contributed by atoms with E-state index in [-0.39, 0.29) is 35.0 Å². The molecule has 2 aromatic heterocycles. The Morgan fingerprint density at radius 2 is 1.83 bits per heavy atom. The third-order valence-corrected chi connectivity index (χ3v) is 6.81. The minimum atomic E-state index is -4.68. The van der Waals surface area contributed by atoms with E-state index in [4.69, 9.17) is 0 Å². The van der Waals surface area contributed by atoms with Gasteiger partial charge in [-0.2, -0.15) is 13.2 Å². The van der Waals surface area contributed by atoms with E-state index in [0.717, 1.165) is 12.8 Å². The molecule has 10 heteroatoms. The highest BCUT2D eigenvalue weighted by atomic mass is 19.4. The second kappa shape index (κ2) is 8.66. The number of alkyl halides is 3. The molecule has 1 aliphatic heterocycles. The Balaban J connectivity index is 1.39. The van der Waals surface area contributed by atoms with Gasteiger partial charge in [0.2, 0.25) is 0 Å². The lowest BCUT2D eigenvalue weighted by Gasteiger charge is -2.26. The fourth-order valence-electron chi connectivity index (χ4n) is 4.79. The second-order valence-electron chi connectivity index (χ2n) is 9.24. The lowest BCUT2D eigenvalue weighted by atomic mass is 9.99. The maximum atomic E-state index is 14.3. The molecular formula is C25H21F5N4O. The van der Waals surface area contributed by atoms with Gasteiger partial charge in [0, 0.05) is 36.7 Å². The third kappa shape index (κ3) is 4.74. The third-order valence-electron chi connectivity index (χ3n) is 6.81. The highest BCUT2D eigenvalue weighted by Gasteiger charge is 2.53. The van der Waals surface area contributed by atoms with Crippen molar-refractivity contribution in [1.82, 2.24) is 19.9 Å². The molecule has 2 fully saturated rings. The van der Waals surface area contributed by atoms with Crippen LogP contribution in [-0.2, 0) is 12.6 Å². The Hall–Kier alpha value is -3.43. The predicted molar refractivity (Wildman–Crippen MR) is 116 cm³/mol. The summed E-state index contributed by atoms with van der Waals surface area (Å²) in [6.45, 7) is 0.491. The average Bonchev–Trinajstić information content (AvgIpc) is 3.49. The second-order valence-corrected chi connectivity index (χ2v) is 9.24. The van der Waals surface area contributed by atoms with E-state index < -0.39 is 23.4 Å². The SMILES string of the molecule is O=C(c1cc(F)ccc1-c1ncccn1)N1CC2(CC2)C[C@H]1CCc1ncc(C(F)(F)F)cc1F. The largest absolute Gasteiger partial charge is 0.417 e. The zero-order chi connectivity index (χ0) is 24.8. The van der Waals surface area contributed by atoms with Gasteiger partial charge in [-0.25, -0.2) is 18.7 Å². The van der Waals surface area contributed by atoms with Crippen LogP contribution in [0.15, 0.2) is 48.9 Å². The molecule has 1 saturated carbocycles. The van der Waals surface area contributed by atoms with Crippen LogP contribution >= 0.6 is 0 Å². The van der Waals surface area contributed by atoms with E-state index in [1.807, 2.05) is 0 Å². The van der Waals surface area contributed by atoms with Crippen molar-refractivity contribution in [3.8, 4) is 11.4 Å². The number of rotatable bonds is 5. The number of hydrogen-bond acceptors (Lipinski definition) is 4. The van der Waals surface area contributed by atoms with Gasteiger partial charge in [-0.15, -0.1) is 0 Å². The summed E-state index contributed by atoms with van der Waals surface area (Å²) in [6, 6.07) is 5.68. The predicted octanol–water partition coefficient (Wildman–Crippen LogP) is 5.46. The van der Waals surface area contributed by atoms with Crippen molar-refractivity contribution in [2.24, 2.45) is 5.41 Å². The summed E-state index contributed by atoms with van der Waals surface area (Å²) in [6.07, 6.45) is 2.03. The molecule has 0 unspecified atom stereocenters. The lowest BCUT2D eigenvalue weighted by molar-refractivity contribution is -0.138. The molecule has 182 valence electrons. The van der Waals surface area contributed by atoms with Gasteiger partial charge < -0.3 is 4.90 Å². The van der Waals surface area contributed by atoms with E-state index >= 15 is 0 Å². The van der Waals surface area contributed by atoms with Crippen LogP contribution in [0.5, 0.6) is 0 Å². The fourth-order valence-corrected chi connectivity index (χ4v) is 4.79. The molecule has 0 N–H and O–H groups in total. The van der Waals surface area contributed by atoms with Crippen molar-refractivity contribution >= 4 is 5.91 Å². The maximum absolute atomic E-state index is 14.3. The first-order chi connectivity index (χ1) is 16.7. The zero-order valence-corrected chi connectivity index (χ0v) is 18.5. The number of aryl methyl sites for hydroxylation is 1. The first-order valence-electron chi connectivity index (χ1n) is 11.2. The minimum Gasteiger partial charge on any atom is -0.335 e. The molecule has 2 aliphatic rings. The molecule has 1 aromatic carbocycles. The Kier molecular flexibility index (Phi) is 5.77. The Bertz CT molecular complexity index is 1260. The molecule has 0 bridgehead atoms. The molecule has 5 nitrogen and oxygen atoms in total. The summed E-state index contributed by atoms with van der Waals surface area (Å²) in [5, 5.41) is 0. The van der Waals surface area contributed by atoms with Crippen molar-refractivity contribution in [1.29, 1.82) is 0 Å². The minimum absolute atomic E-state index is 0.0107. The molecule has 3 aromatic rings. The van der Waals surface area contributed by atoms with Crippen LogP contribution < -0.4 is 0 Å². The summed E-state index contributed by atoms with van der Waals surface area (Å²) in [5.74, 6) is -1.67. The number of pyridine rings is 1. The van der Waals surface area contributed by atoms with E-state index in [0.29, 0.717) is 43.0 Å². The monoisotopic (exact) mass is 488 g/mol. The Labute approximate surface area is 198 Å². The van der Waals surface area contributed by atoms with E-state index in [9.17, 15) is 26.7 Å². The number of benzene rings is 1. The fraction of sp³-hybridized carbons (Fsp3) is 0.360. The highest BCUT2D eigenvalue weighted by molar-refractivity contribution is 6.00. The van der Waals surface area contributed by atoms with Gasteiger partial charge in [-0.3, -0.25) is 9.78 Å². The van der Waals surface area contributed by atoms with Crippen LogP contribution in [0.3, 0.4) is 0 Å². The Morgan fingerprint density at radius 3 is 2.49 bits per heavy atom. The molecule has 3 heterocycles. The van der Waals surface area contributed by atoms with Crippen LogP contribution in [0.4, 0.5) is 22.0 Å². The van der Waals surface area contributed by atoms with Crippen molar-refractivity contribution in [3.05, 3.63) is 77.4 Å². The number of nitrogens with zero attached hydrogens (tertiary/aromatic N) is 4.